The number of halogens is 1. The molecule has 0 fully saturated rings. The Labute approximate surface area is 163 Å². The molecule has 0 spiro atoms. The lowest BCUT2D eigenvalue weighted by atomic mass is 9.91. The summed E-state index contributed by atoms with van der Waals surface area (Å²) in [5, 5.41) is 39.3. The predicted molar refractivity (Wildman–Crippen MR) is 107 cm³/mol. The number of allylic oxidation sites excluding steroid dienone is 1. The van der Waals surface area contributed by atoms with Crippen LogP contribution in [-0.2, 0) is 0 Å². The van der Waals surface area contributed by atoms with Crippen LogP contribution in [0.5, 0.6) is 5.75 Å². The Bertz CT molecular complexity index is 779. The number of phenols is 1. The van der Waals surface area contributed by atoms with E-state index in [1.165, 1.54) is 12.1 Å². The molecule has 0 amide bonds. The molecule has 5 nitrogen and oxygen atoms in total. The topological polar surface area (TPSA) is 93.8 Å². The van der Waals surface area contributed by atoms with Gasteiger partial charge in [-0.15, -0.1) is 6.58 Å². The molecule has 0 unspecified atom stereocenters. The highest BCUT2D eigenvalue weighted by atomic mass is 35.5. The summed E-state index contributed by atoms with van der Waals surface area (Å²) >= 11 is 6.21. The van der Waals surface area contributed by atoms with Crippen molar-refractivity contribution in [2.75, 3.05) is 6.61 Å². The Kier molecular flexibility index (Phi) is 8.00. The zero-order valence-electron chi connectivity index (χ0n) is 14.9. The molecular formula is C21H24ClNO4. The smallest absolute Gasteiger partial charge is 0.117 e. The maximum atomic E-state index is 10.4. The van der Waals surface area contributed by atoms with E-state index in [4.69, 9.17) is 16.7 Å². The molecule has 27 heavy (non-hydrogen) atoms. The Hall–Kier alpha value is -2.18. The van der Waals surface area contributed by atoms with E-state index in [-0.39, 0.29) is 5.75 Å². The first kappa shape index (κ1) is 21.1. The fraction of sp³-hybridized carbons (Fsp3) is 0.286. The summed E-state index contributed by atoms with van der Waals surface area (Å²) in [4.78, 5) is 4.36. The lowest BCUT2D eigenvalue weighted by Gasteiger charge is -2.23. The maximum absolute atomic E-state index is 10.4. The number of hydrogen-bond acceptors (Lipinski definition) is 5. The number of aromatic nitrogens is 1. The summed E-state index contributed by atoms with van der Waals surface area (Å²) < 4.78 is 0. The van der Waals surface area contributed by atoms with E-state index in [9.17, 15) is 15.3 Å². The number of pyridine rings is 1. The van der Waals surface area contributed by atoms with E-state index in [1.807, 2.05) is 24.3 Å². The second kappa shape index (κ2) is 10.2. The third kappa shape index (κ3) is 5.91. The van der Waals surface area contributed by atoms with E-state index in [1.54, 1.807) is 18.3 Å². The molecule has 0 saturated carbocycles. The molecule has 1 aromatic carbocycles. The first-order chi connectivity index (χ1) is 13.0. The van der Waals surface area contributed by atoms with Gasteiger partial charge in [0.25, 0.3) is 0 Å². The van der Waals surface area contributed by atoms with E-state index in [2.05, 4.69) is 11.6 Å². The van der Waals surface area contributed by atoms with Crippen LogP contribution in [0.3, 0.4) is 0 Å². The normalized spacial score (nSPS) is 15.2. The van der Waals surface area contributed by atoms with Crippen molar-refractivity contribution < 1.29 is 20.4 Å². The fourth-order valence-corrected chi connectivity index (χ4v) is 3.07. The maximum Gasteiger partial charge on any atom is 0.117 e. The van der Waals surface area contributed by atoms with E-state index < -0.39 is 24.7 Å². The van der Waals surface area contributed by atoms with Crippen LogP contribution in [0.25, 0.3) is 11.6 Å². The summed E-state index contributed by atoms with van der Waals surface area (Å²) in [5.74, 6) is -0.545. The zero-order valence-corrected chi connectivity index (χ0v) is 15.6. The minimum absolute atomic E-state index is 0.0822. The average Bonchev–Trinajstić information content (AvgIpc) is 2.67. The third-order valence-corrected chi connectivity index (χ3v) is 4.69. The first-order valence-electron chi connectivity index (χ1n) is 8.66. The van der Waals surface area contributed by atoms with Gasteiger partial charge < -0.3 is 20.4 Å². The molecule has 0 aliphatic rings. The van der Waals surface area contributed by atoms with Gasteiger partial charge in [-0.25, -0.2) is 0 Å². The molecule has 0 bridgehead atoms. The van der Waals surface area contributed by atoms with Crippen molar-refractivity contribution >= 4 is 23.3 Å². The number of aromatic hydroxyl groups is 1. The van der Waals surface area contributed by atoms with Crippen molar-refractivity contribution in [3.63, 3.8) is 0 Å². The molecule has 6 heteroatoms. The number of hydrogen-bond donors (Lipinski definition) is 4. The van der Waals surface area contributed by atoms with E-state index in [0.717, 1.165) is 16.8 Å². The van der Waals surface area contributed by atoms with Crippen LogP contribution in [0.4, 0.5) is 0 Å². The van der Waals surface area contributed by atoms with Gasteiger partial charge in [-0.3, -0.25) is 4.98 Å². The van der Waals surface area contributed by atoms with Crippen LogP contribution in [-0.4, -0.2) is 44.2 Å². The van der Waals surface area contributed by atoms with Crippen LogP contribution in [0.2, 0.25) is 5.02 Å². The van der Waals surface area contributed by atoms with E-state index >= 15 is 0 Å². The predicted octanol–water partition coefficient (Wildman–Crippen LogP) is 3.28. The lowest BCUT2D eigenvalue weighted by molar-refractivity contribution is 0.00256. The molecule has 4 N–H and O–H groups in total. The van der Waals surface area contributed by atoms with Crippen molar-refractivity contribution in [3.8, 4) is 5.75 Å². The molecule has 0 radical (unpaired) electrons. The van der Waals surface area contributed by atoms with Gasteiger partial charge in [0.05, 0.1) is 29.5 Å². The minimum atomic E-state index is -1.06. The third-order valence-electron chi connectivity index (χ3n) is 4.36. The zero-order chi connectivity index (χ0) is 19.8. The Morgan fingerprint density at radius 1 is 1.19 bits per heavy atom. The molecule has 0 saturated heterocycles. The largest absolute Gasteiger partial charge is 0.508 e. The number of nitrogens with zero attached hydrogens (tertiary/aromatic N) is 1. The van der Waals surface area contributed by atoms with Gasteiger partial charge in [-0.1, -0.05) is 23.7 Å². The van der Waals surface area contributed by atoms with Crippen molar-refractivity contribution in [2.45, 2.75) is 25.0 Å². The van der Waals surface area contributed by atoms with Crippen LogP contribution >= 0.6 is 11.6 Å². The highest BCUT2D eigenvalue weighted by Gasteiger charge is 2.24. The molecule has 1 aromatic heterocycles. The van der Waals surface area contributed by atoms with E-state index in [0.29, 0.717) is 17.9 Å². The second-order valence-corrected chi connectivity index (χ2v) is 6.67. The van der Waals surface area contributed by atoms with Crippen LogP contribution in [0.1, 0.15) is 24.1 Å². The summed E-state index contributed by atoms with van der Waals surface area (Å²) in [5.41, 5.74) is 2.32. The summed E-state index contributed by atoms with van der Waals surface area (Å²) in [6, 6.07) is 10.3. The van der Waals surface area contributed by atoms with Crippen LogP contribution in [0.15, 0.2) is 55.3 Å². The molecule has 144 valence electrons. The Balaban J connectivity index is 2.26. The molecule has 0 aliphatic carbocycles. The standard InChI is InChI=1S/C21H24ClNO4/c1-2-17(21(27)13-24)20(26)9-7-15(19-5-3-4-10-23-19)11-14-6-8-16(25)12-18(14)22/h2-6,8,10-12,17,20-21,24-27H,1,7,9,13H2/b15-11-/t17-,20-,21-/m1/s1. The number of rotatable bonds is 9. The quantitative estimate of drug-likeness (QED) is 0.494. The second-order valence-electron chi connectivity index (χ2n) is 6.26. The number of phenolic OH excluding ortho intramolecular Hbond substituents is 1. The molecule has 3 atom stereocenters. The molecule has 2 rings (SSSR count). The van der Waals surface area contributed by atoms with Crippen molar-refractivity contribution in [1.29, 1.82) is 0 Å². The Morgan fingerprint density at radius 2 is 1.96 bits per heavy atom. The molecule has 2 aromatic rings. The first-order valence-corrected chi connectivity index (χ1v) is 9.04. The molecule has 1 heterocycles. The van der Waals surface area contributed by atoms with Crippen molar-refractivity contribution in [2.24, 2.45) is 5.92 Å². The number of aliphatic hydroxyl groups excluding tert-OH is 3. The van der Waals surface area contributed by atoms with Crippen molar-refractivity contribution in [1.82, 2.24) is 4.98 Å². The number of benzene rings is 1. The summed E-state index contributed by atoms with van der Waals surface area (Å²) in [6.07, 6.45) is 3.87. The number of aliphatic hydroxyl groups is 3. The summed E-state index contributed by atoms with van der Waals surface area (Å²) in [7, 11) is 0. The monoisotopic (exact) mass is 389 g/mol. The van der Waals surface area contributed by atoms with Gasteiger partial charge >= 0.3 is 0 Å². The average molecular weight is 390 g/mol. The van der Waals surface area contributed by atoms with Gasteiger partial charge in [0.1, 0.15) is 5.75 Å². The van der Waals surface area contributed by atoms with Gasteiger partial charge in [-0.2, -0.15) is 0 Å². The summed E-state index contributed by atoms with van der Waals surface area (Å²) in [6.45, 7) is 3.18. The molecule has 0 aliphatic heterocycles. The highest BCUT2D eigenvalue weighted by molar-refractivity contribution is 6.32. The SMILES string of the molecule is C=C[C@@H]([C@H](O)CO)[C@H](O)CC/C(=C/c1ccc(O)cc1Cl)c1ccccn1. The van der Waals surface area contributed by atoms with Crippen LogP contribution in [0, 0.1) is 5.92 Å². The van der Waals surface area contributed by atoms with Gasteiger partial charge in [0.2, 0.25) is 0 Å². The minimum Gasteiger partial charge on any atom is -0.508 e. The van der Waals surface area contributed by atoms with Crippen molar-refractivity contribution in [3.05, 3.63) is 71.5 Å². The van der Waals surface area contributed by atoms with Gasteiger partial charge in [0, 0.05) is 12.1 Å². The molecular weight excluding hydrogens is 366 g/mol. The Morgan fingerprint density at radius 3 is 2.56 bits per heavy atom. The fourth-order valence-electron chi connectivity index (χ4n) is 2.84. The van der Waals surface area contributed by atoms with Gasteiger partial charge in [0.15, 0.2) is 0 Å². The van der Waals surface area contributed by atoms with Gasteiger partial charge in [-0.05, 0) is 60.4 Å². The van der Waals surface area contributed by atoms with Crippen LogP contribution < -0.4 is 0 Å². The lowest BCUT2D eigenvalue weighted by Crippen LogP contribution is -2.32. The highest BCUT2D eigenvalue weighted by Crippen LogP contribution is 2.29.